The molecular weight excluding hydrogens is 238 g/mol. The van der Waals surface area contributed by atoms with Gasteiger partial charge in [0.15, 0.2) is 5.84 Å². The second kappa shape index (κ2) is 5.68. The number of amides is 1. The number of amidine groups is 1. The molecule has 1 heterocycles. The minimum atomic E-state index is -0.200. The van der Waals surface area contributed by atoms with E-state index in [4.69, 9.17) is 11.6 Å². The maximum atomic E-state index is 11.9. The highest BCUT2D eigenvalue weighted by Crippen LogP contribution is 2.13. The Kier molecular flexibility index (Phi) is 3.98. The molecule has 2 N–H and O–H groups in total. The van der Waals surface area contributed by atoms with Crippen LogP contribution in [0.25, 0.3) is 0 Å². The normalized spacial score (nSPS) is 15.5. The third kappa shape index (κ3) is 3.46. The van der Waals surface area contributed by atoms with Crippen molar-refractivity contribution >= 4 is 29.0 Å². The smallest absolute Gasteiger partial charge is 0.290 e. The molecule has 0 atom stereocenters. The Morgan fingerprint density at radius 1 is 1.29 bits per heavy atom. The number of nitrogens with zero attached hydrogens (tertiary/aromatic N) is 1. The summed E-state index contributed by atoms with van der Waals surface area (Å²) in [7, 11) is 0. The largest absolute Gasteiger partial charge is 0.366 e. The number of halogens is 1. The van der Waals surface area contributed by atoms with E-state index in [1.165, 1.54) is 0 Å². The molecule has 0 radical (unpaired) electrons. The highest BCUT2D eigenvalue weighted by atomic mass is 35.5. The van der Waals surface area contributed by atoms with Gasteiger partial charge >= 0.3 is 0 Å². The summed E-state index contributed by atoms with van der Waals surface area (Å²) < 4.78 is 0. The number of nitrogens with one attached hydrogen (secondary N) is 2. The van der Waals surface area contributed by atoms with Gasteiger partial charge in [0.05, 0.1) is 0 Å². The van der Waals surface area contributed by atoms with Crippen LogP contribution in [0.1, 0.15) is 12.8 Å². The number of anilines is 1. The van der Waals surface area contributed by atoms with Gasteiger partial charge in [-0.3, -0.25) is 9.79 Å². The van der Waals surface area contributed by atoms with E-state index in [2.05, 4.69) is 15.6 Å². The van der Waals surface area contributed by atoms with Crippen molar-refractivity contribution in [2.45, 2.75) is 12.8 Å². The molecule has 1 aliphatic heterocycles. The highest BCUT2D eigenvalue weighted by molar-refractivity contribution is 6.42. The molecule has 0 aliphatic carbocycles. The first-order valence-electron chi connectivity index (χ1n) is 5.61. The summed E-state index contributed by atoms with van der Waals surface area (Å²) in [4.78, 5) is 16.1. The fourth-order valence-electron chi connectivity index (χ4n) is 1.57. The van der Waals surface area contributed by atoms with Gasteiger partial charge < -0.3 is 10.6 Å². The molecule has 0 saturated carbocycles. The third-order valence-corrected chi connectivity index (χ3v) is 2.72. The molecule has 0 bridgehead atoms. The first-order chi connectivity index (χ1) is 8.25. The monoisotopic (exact) mass is 251 g/mol. The SMILES string of the molecule is O=C(Nc1ccc(Cl)cc1)C1=NCCCCN1. The zero-order valence-corrected chi connectivity index (χ0v) is 10.1. The molecule has 0 fully saturated rings. The lowest BCUT2D eigenvalue weighted by molar-refractivity contribution is -0.110. The Labute approximate surface area is 105 Å². The molecule has 1 aromatic carbocycles. The molecule has 17 heavy (non-hydrogen) atoms. The van der Waals surface area contributed by atoms with Crippen LogP contribution in [0, 0.1) is 0 Å². The van der Waals surface area contributed by atoms with E-state index < -0.39 is 0 Å². The van der Waals surface area contributed by atoms with Gasteiger partial charge in [-0.2, -0.15) is 0 Å². The molecule has 0 spiro atoms. The molecule has 1 aromatic rings. The van der Waals surface area contributed by atoms with Crippen LogP contribution in [0.3, 0.4) is 0 Å². The molecule has 0 saturated heterocycles. The summed E-state index contributed by atoms with van der Waals surface area (Å²) in [6.45, 7) is 1.50. The summed E-state index contributed by atoms with van der Waals surface area (Å²) in [5, 5.41) is 6.45. The average molecular weight is 252 g/mol. The molecule has 5 heteroatoms. The summed E-state index contributed by atoms with van der Waals surface area (Å²) in [5.41, 5.74) is 0.716. The Morgan fingerprint density at radius 2 is 2.06 bits per heavy atom. The van der Waals surface area contributed by atoms with Crippen LogP contribution in [-0.4, -0.2) is 24.8 Å². The van der Waals surface area contributed by atoms with Crippen molar-refractivity contribution in [3.8, 4) is 0 Å². The Bertz CT molecular complexity index is 428. The van der Waals surface area contributed by atoms with Crippen LogP contribution >= 0.6 is 11.6 Å². The number of hydrogen-bond acceptors (Lipinski definition) is 3. The fraction of sp³-hybridized carbons (Fsp3) is 0.333. The zero-order chi connectivity index (χ0) is 12.1. The van der Waals surface area contributed by atoms with E-state index in [1.807, 2.05) is 0 Å². The van der Waals surface area contributed by atoms with Crippen molar-refractivity contribution in [2.75, 3.05) is 18.4 Å². The number of benzene rings is 1. The lowest BCUT2D eigenvalue weighted by Crippen LogP contribution is -2.35. The van der Waals surface area contributed by atoms with E-state index >= 15 is 0 Å². The maximum absolute atomic E-state index is 11.9. The van der Waals surface area contributed by atoms with Gasteiger partial charge in [-0.15, -0.1) is 0 Å². The molecule has 0 aromatic heterocycles. The number of rotatable bonds is 2. The molecule has 0 unspecified atom stereocenters. The first-order valence-corrected chi connectivity index (χ1v) is 5.99. The molecule has 1 amide bonds. The first kappa shape index (κ1) is 11.9. The number of carbonyl (C=O) groups is 1. The number of hydrogen-bond donors (Lipinski definition) is 2. The van der Waals surface area contributed by atoms with Crippen LogP contribution in [-0.2, 0) is 4.79 Å². The van der Waals surface area contributed by atoms with Crippen LogP contribution in [0.15, 0.2) is 29.3 Å². The summed E-state index contributed by atoms with van der Waals surface area (Å²) in [6.07, 6.45) is 2.06. The summed E-state index contributed by atoms with van der Waals surface area (Å²) in [6, 6.07) is 6.99. The van der Waals surface area contributed by atoms with Gasteiger partial charge in [0, 0.05) is 23.8 Å². The van der Waals surface area contributed by atoms with Gasteiger partial charge in [0.2, 0.25) is 0 Å². The highest BCUT2D eigenvalue weighted by Gasteiger charge is 2.12. The van der Waals surface area contributed by atoms with Gasteiger partial charge in [0.25, 0.3) is 5.91 Å². The van der Waals surface area contributed by atoms with E-state index in [9.17, 15) is 4.79 Å². The Morgan fingerprint density at radius 3 is 2.82 bits per heavy atom. The van der Waals surface area contributed by atoms with Gasteiger partial charge in [-0.25, -0.2) is 0 Å². The standard InChI is InChI=1S/C12H14ClN3O/c13-9-3-5-10(6-4-9)16-12(17)11-14-7-1-2-8-15-11/h3-6H,1-2,7-8H2,(H,14,15)(H,16,17). The Hall–Kier alpha value is -1.55. The molecule has 1 aliphatic rings. The number of aliphatic imine (C=N–C) groups is 1. The fourth-order valence-corrected chi connectivity index (χ4v) is 1.69. The van der Waals surface area contributed by atoms with Crippen molar-refractivity contribution in [1.82, 2.24) is 5.32 Å². The predicted octanol–water partition coefficient (Wildman–Crippen LogP) is 2.06. The minimum absolute atomic E-state index is 0.200. The lowest BCUT2D eigenvalue weighted by Gasteiger charge is -2.08. The van der Waals surface area contributed by atoms with E-state index in [-0.39, 0.29) is 5.91 Å². The topological polar surface area (TPSA) is 53.5 Å². The molecular formula is C12H14ClN3O. The van der Waals surface area contributed by atoms with E-state index in [0.717, 1.165) is 19.4 Å². The van der Waals surface area contributed by atoms with Crippen LogP contribution < -0.4 is 10.6 Å². The second-order valence-corrected chi connectivity index (χ2v) is 4.26. The third-order valence-electron chi connectivity index (χ3n) is 2.46. The van der Waals surface area contributed by atoms with Gasteiger partial charge in [-0.05, 0) is 37.1 Å². The van der Waals surface area contributed by atoms with Crippen molar-refractivity contribution in [2.24, 2.45) is 4.99 Å². The van der Waals surface area contributed by atoms with Crippen molar-refractivity contribution in [1.29, 1.82) is 0 Å². The Balaban J connectivity index is 2.00. The maximum Gasteiger partial charge on any atom is 0.290 e. The summed E-state index contributed by atoms with van der Waals surface area (Å²) >= 11 is 5.77. The lowest BCUT2D eigenvalue weighted by atomic mass is 10.3. The summed E-state index contributed by atoms with van der Waals surface area (Å²) in [5.74, 6) is 0.215. The number of carbonyl (C=O) groups excluding carboxylic acids is 1. The van der Waals surface area contributed by atoms with Gasteiger partial charge in [-0.1, -0.05) is 11.6 Å². The average Bonchev–Trinajstić information content (AvgIpc) is 2.61. The molecule has 2 rings (SSSR count). The quantitative estimate of drug-likeness (QED) is 0.845. The zero-order valence-electron chi connectivity index (χ0n) is 9.37. The van der Waals surface area contributed by atoms with Crippen LogP contribution in [0.2, 0.25) is 5.02 Å². The molecule has 4 nitrogen and oxygen atoms in total. The van der Waals surface area contributed by atoms with E-state index in [0.29, 0.717) is 23.1 Å². The van der Waals surface area contributed by atoms with Crippen molar-refractivity contribution in [3.05, 3.63) is 29.3 Å². The minimum Gasteiger partial charge on any atom is -0.366 e. The second-order valence-electron chi connectivity index (χ2n) is 3.83. The predicted molar refractivity (Wildman–Crippen MR) is 69.6 cm³/mol. The van der Waals surface area contributed by atoms with Gasteiger partial charge in [0.1, 0.15) is 0 Å². The van der Waals surface area contributed by atoms with Crippen LogP contribution in [0.4, 0.5) is 5.69 Å². The van der Waals surface area contributed by atoms with E-state index in [1.54, 1.807) is 24.3 Å². The van der Waals surface area contributed by atoms with Crippen molar-refractivity contribution < 1.29 is 4.79 Å². The van der Waals surface area contributed by atoms with Crippen molar-refractivity contribution in [3.63, 3.8) is 0 Å². The molecule has 90 valence electrons. The van der Waals surface area contributed by atoms with Crippen LogP contribution in [0.5, 0.6) is 0 Å².